The van der Waals surface area contributed by atoms with Gasteiger partial charge >= 0.3 is 0 Å². The Labute approximate surface area is 168 Å². The van der Waals surface area contributed by atoms with Crippen LogP contribution < -0.4 is 0 Å². The lowest BCUT2D eigenvalue weighted by molar-refractivity contribution is 0.151. The van der Waals surface area contributed by atoms with Crippen molar-refractivity contribution in [1.29, 1.82) is 0 Å². The van der Waals surface area contributed by atoms with Crippen molar-refractivity contribution in [3.8, 4) is 0 Å². The Kier molecular flexibility index (Phi) is 8.48. The second kappa shape index (κ2) is 11.1. The molecule has 0 unspecified atom stereocenters. The summed E-state index contributed by atoms with van der Waals surface area (Å²) >= 11 is 0. The van der Waals surface area contributed by atoms with Gasteiger partial charge in [0.1, 0.15) is 0 Å². The van der Waals surface area contributed by atoms with Crippen LogP contribution in [0.2, 0.25) is 0 Å². The Morgan fingerprint density at radius 3 is 1.93 bits per heavy atom. The van der Waals surface area contributed by atoms with Gasteiger partial charge in [0.2, 0.25) is 0 Å². The third-order valence-corrected chi connectivity index (χ3v) is 7.07. The zero-order valence-corrected chi connectivity index (χ0v) is 17.0. The predicted molar refractivity (Wildman–Crippen MR) is 111 cm³/mol. The van der Waals surface area contributed by atoms with E-state index in [1.54, 1.807) is 12.1 Å². The molecule has 0 heterocycles. The molecule has 2 aliphatic rings. The van der Waals surface area contributed by atoms with E-state index < -0.39 is 6.43 Å². The van der Waals surface area contributed by atoms with E-state index in [4.69, 9.17) is 0 Å². The van der Waals surface area contributed by atoms with Crippen LogP contribution in [0.25, 0.3) is 0 Å². The lowest BCUT2D eigenvalue weighted by Gasteiger charge is -2.31. The summed E-state index contributed by atoms with van der Waals surface area (Å²) in [6.45, 7) is -0.241. The largest absolute Gasteiger partial charge is 0.263 e. The molecule has 3 heteroatoms. The average Bonchev–Trinajstić information content (AvgIpc) is 2.74. The van der Waals surface area contributed by atoms with Gasteiger partial charge in [-0.25, -0.2) is 8.78 Å². The van der Waals surface area contributed by atoms with Gasteiger partial charge in [0.25, 0.3) is 6.43 Å². The Balaban J connectivity index is 1.34. The maximum absolute atomic E-state index is 12.7. The molecule has 2 fully saturated rings. The molecule has 28 heavy (non-hydrogen) atoms. The summed E-state index contributed by atoms with van der Waals surface area (Å²) < 4.78 is 37.6. The Morgan fingerprint density at radius 2 is 1.39 bits per heavy atom. The number of hydrogen-bond donors (Lipinski definition) is 0. The third kappa shape index (κ3) is 6.39. The van der Waals surface area contributed by atoms with Gasteiger partial charge < -0.3 is 0 Å². The second-order valence-corrected chi connectivity index (χ2v) is 8.95. The van der Waals surface area contributed by atoms with Gasteiger partial charge in [0.15, 0.2) is 0 Å². The SMILES string of the molecule is FCCC=CC1CCC(CCC2CCC(c3ccc(C(F)F)cc3)CC2)CC1. The third-order valence-electron chi connectivity index (χ3n) is 7.07. The maximum atomic E-state index is 12.7. The molecule has 2 aliphatic carbocycles. The van der Waals surface area contributed by atoms with E-state index in [9.17, 15) is 13.2 Å². The molecule has 0 spiro atoms. The molecule has 0 aromatic heterocycles. The van der Waals surface area contributed by atoms with Crippen molar-refractivity contribution in [1.82, 2.24) is 0 Å². The highest BCUT2D eigenvalue weighted by Crippen LogP contribution is 2.40. The summed E-state index contributed by atoms with van der Waals surface area (Å²) in [6, 6.07) is 7.00. The Bertz CT molecular complexity index is 576. The van der Waals surface area contributed by atoms with Crippen molar-refractivity contribution in [3.63, 3.8) is 0 Å². The highest BCUT2D eigenvalue weighted by molar-refractivity contribution is 5.26. The molecule has 2 saturated carbocycles. The average molecular weight is 393 g/mol. The van der Waals surface area contributed by atoms with E-state index in [0.717, 1.165) is 11.8 Å². The van der Waals surface area contributed by atoms with Gasteiger partial charge in [-0.3, -0.25) is 4.39 Å². The first-order valence-electron chi connectivity index (χ1n) is 11.3. The fraction of sp³-hybridized carbons (Fsp3) is 0.680. The molecule has 3 rings (SSSR count). The van der Waals surface area contributed by atoms with Crippen LogP contribution in [-0.4, -0.2) is 6.67 Å². The van der Waals surface area contributed by atoms with Crippen molar-refractivity contribution >= 4 is 0 Å². The van der Waals surface area contributed by atoms with E-state index in [2.05, 4.69) is 6.08 Å². The van der Waals surface area contributed by atoms with Crippen molar-refractivity contribution in [2.75, 3.05) is 6.67 Å². The van der Waals surface area contributed by atoms with Crippen LogP contribution in [-0.2, 0) is 0 Å². The fourth-order valence-corrected chi connectivity index (χ4v) is 5.19. The molecule has 156 valence electrons. The second-order valence-electron chi connectivity index (χ2n) is 8.95. The van der Waals surface area contributed by atoms with Crippen LogP contribution in [0.3, 0.4) is 0 Å². The molecule has 0 saturated heterocycles. The van der Waals surface area contributed by atoms with Gasteiger partial charge in [-0.05, 0) is 87.0 Å². The first-order valence-corrected chi connectivity index (χ1v) is 11.3. The molecule has 0 N–H and O–H groups in total. The normalized spacial score (nSPS) is 28.9. The summed E-state index contributed by atoms with van der Waals surface area (Å²) in [7, 11) is 0. The lowest BCUT2D eigenvalue weighted by atomic mass is 9.74. The minimum atomic E-state index is -2.37. The number of benzene rings is 1. The van der Waals surface area contributed by atoms with Crippen LogP contribution in [0.1, 0.15) is 94.1 Å². The number of hydrogen-bond acceptors (Lipinski definition) is 0. The molecule has 1 aromatic carbocycles. The monoisotopic (exact) mass is 392 g/mol. The van der Waals surface area contributed by atoms with Gasteiger partial charge in [-0.2, -0.15) is 0 Å². The summed E-state index contributed by atoms with van der Waals surface area (Å²) in [5, 5.41) is 0. The van der Waals surface area contributed by atoms with Crippen LogP contribution in [0.15, 0.2) is 36.4 Å². The summed E-state index contributed by atoms with van der Waals surface area (Å²) in [6.07, 6.45) is 15.3. The van der Waals surface area contributed by atoms with E-state index in [1.165, 1.54) is 69.8 Å². The summed E-state index contributed by atoms with van der Waals surface area (Å²) in [4.78, 5) is 0. The Morgan fingerprint density at radius 1 is 0.821 bits per heavy atom. The molecule has 0 atom stereocenters. The maximum Gasteiger partial charge on any atom is 0.263 e. The van der Waals surface area contributed by atoms with Gasteiger partial charge in [0.05, 0.1) is 6.67 Å². The van der Waals surface area contributed by atoms with Crippen LogP contribution in [0.4, 0.5) is 13.2 Å². The molecule has 0 radical (unpaired) electrons. The van der Waals surface area contributed by atoms with Crippen molar-refractivity contribution in [3.05, 3.63) is 47.5 Å². The number of halogens is 3. The van der Waals surface area contributed by atoms with E-state index >= 15 is 0 Å². The number of allylic oxidation sites excluding steroid dienone is 2. The van der Waals surface area contributed by atoms with Gasteiger partial charge in [-0.1, -0.05) is 49.3 Å². The standard InChI is InChI=1S/C25H35F3/c26-18-2-1-3-19-4-6-20(7-5-19)8-9-21-10-12-22(13-11-21)23-14-16-24(17-15-23)25(27)28/h1,3,14-17,19-22,25H,2,4-13,18H2. The highest BCUT2D eigenvalue weighted by atomic mass is 19.3. The van der Waals surface area contributed by atoms with Crippen molar-refractivity contribution < 1.29 is 13.2 Å². The van der Waals surface area contributed by atoms with E-state index in [1.807, 2.05) is 18.2 Å². The molecular formula is C25H35F3. The first-order chi connectivity index (χ1) is 13.7. The fourth-order valence-electron chi connectivity index (χ4n) is 5.19. The highest BCUT2D eigenvalue weighted by Gasteiger charge is 2.25. The molecule has 0 aliphatic heterocycles. The topological polar surface area (TPSA) is 0 Å². The van der Waals surface area contributed by atoms with Crippen LogP contribution in [0, 0.1) is 17.8 Å². The summed E-state index contributed by atoms with van der Waals surface area (Å²) in [5.74, 6) is 2.95. The number of rotatable bonds is 8. The smallest absolute Gasteiger partial charge is 0.251 e. The zero-order valence-electron chi connectivity index (χ0n) is 17.0. The van der Waals surface area contributed by atoms with Gasteiger partial charge in [-0.15, -0.1) is 0 Å². The van der Waals surface area contributed by atoms with Crippen molar-refractivity contribution in [2.45, 2.75) is 83.0 Å². The van der Waals surface area contributed by atoms with Crippen LogP contribution >= 0.6 is 0 Å². The first kappa shape index (κ1) is 21.5. The van der Waals surface area contributed by atoms with E-state index in [0.29, 0.717) is 18.3 Å². The van der Waals surface area contributed by atoms with Gasteiger partial charge in [0, 0.05) is 5.56 Å². The number of alkyl halides is 3. The predicted octanol–water partition coefficient (Wildman–Crippen LogP) is 8.40. The summed E-state index contributed by atoms with van der Waals surface area (Å²) in [5.41, 5.74) is 1.37. The minimum absolute atomic E-state index is 0.130. The lowest BCUT2D eigenvalue weighted by Crippen LogP contribution is -2.17. The van der Waals surface area contributed by atoms with Crippen LogP contribution in [0.5, 0.6) is 0 Å². The molecular weight excluding hydrogens is 357 g/mol. The minimum Gasteiger partial charge on any atom is -0.251 e. The molecule has 0 nitrogen and oxygen atoms in total. The van der Waals surface area contributed by atoms with Crippen molar-refractivity contribution in [2.24, 2.45) is 17.8 Å². The molecule has 0 amide bonds. The molecule has 0 bridgehead atoms. The zero-order chi connectivity index (χ0) is 19.8. The molecule has 1 aromatic rings. The quantitative estimate of drug-likeness (QED) is 0.390. The van der Waals surface area contributed by atoms with E-state index in [-0.39, 0.29) is 12.2 Å². The Hall–Kier alpha value is -1.25.